The van der Waals surface area contributed by atoms with Crippen LogP contribution in [0.25, 0.3) is 0 Å². The lowest BCUT2D eigenvalue weighted by Crippen LogP contribution is -2.45. The first kappa shape index (κ1) is 27.2. The predicted molar refractivity (Wildman–Crippen MR) is 141 cm³/mol. The van der Waals surface area contributed by atoms with Crippen LogP contribution < -0.4 is 9.47 Å². The van der Waals surface area contributed by atoms with E-state index in [1.165, 1.54) is 7.11 Å². The molecule has 0 amide bonds. The van der Waals surface area contributed by atoms with Crippen molar-refractivity contribution in [3.05, 3.63) is 45.3 Å². The van der Waals surface area contributed by atoms with Crippen LogP contribution in [0.5, 0.6) is 11.5 Å². The number of benzene rings is 1. The Labute approximate surface area is 223 Å². The first-order chi connectivity index (χ1) is 17.3. The van der Waals surface area contributed by atoms with Gasteiger partial charge in [0.15, 0.2) is 23.1 Å². The van der Waals surface area contributed by atoms with E-state index in [4.69, 9.17) is 21.1 Å². The summed E-state index contributed by atoms with van der Waals surface area (Å²) in [5.41, 5.74) is 2.37. The van der Waals surface area contributed by atoms with Crippen LogP contribution in [-0.2, 0) is 14.4 Å². The first-order valence-electron chi connectivity index (χ1n) is 12.8. The van der Waals surface area contributed by atoms with Gasteiger partial charge in [0.25, 0.3) is 0 Å². The normalized spacial score (nSPS) is 21.1. The Morgan fingerprint density at radius 1 is 1.03 bits per heavy atom. The highest BCUT2D eigenvalue weighted by molar-refractivity contribution is 6.32. The molecule has 8 heteroatoms. The number of hydrogen-bond acceptors (Lipinski definition) is 6. The Bertz CT molecular complexity index is 1170. The van der Waals surface area contributed by atoms with Crippen LogP contribution in [-0.4, -0.2) is 47.8 Å². The Balaban J connectivity index is 2.00. The van der Waals surface area contributed by atoms with Gasteiger partial charge in [-0.05, 0) is 47.8 Å². The van der Waals surface area contributed by atoms with E-state index >= 15 is 0 Å². The van der Waals surface area contributed by atoms with Crippen molar-refractivity contribution in [2.45, 2.75) is 72.6 Å². The number of allylic oxidation sites excluding steroid dienone is 4. The lowest BCUT2D eigenvalue weighted by Gasteiger charge is -2.48. The number of carbonyl (C=O) groups is 3. The predicted octanol–water partition coefficient (Wildman–Crippen LogP) is 5.91. The number of carbonyl (C=O) groups excluding carboxylic acids is 2. The molecule has 2 aliphatic carbocycles. The van der Waals surface area contributed by atoms with E-state index in [0.717, 1.165) is 6.42 Å². The summed E-state index contributed by atoms with van der Waals surface area (Å²) < 4.78 is 11.5. The minimum Gasteiger partial charge on any atom is -0.493 e. The zero-order chi connectivity index (χ0) is 27.3. The van der Waals surface area contributed by atoms with Crippen molar-refractivity contribution in [1.82, 2.24) is 4.90 Å². The van der Waals surface area contributed by atoms with E-state index in [0.29, 0.717) is 76.9 Å². The summed E-state index contributed by atoms with van der Waals surface area (Å²) in [6, 6.07) is 3.55. The molecule has 0 unspecified atom stereocenters. The van der Waals surface area contributed by atoms with Crippen molar-refractivity contribution >= 4 is 29.1 Å². The highest BCUT2D eigenvalue weighted by Gasteiger charge is 2.49. The fourth-order valence-electron chi connectivity index (χ4n) is 5.96. The van der Waals surface area contributed by atoms with Gasteiger partial charge in [-0.25, -0.2) is 0 Å². The van der Waals surface area contributed by atoms with E-state index in [1.807, 2.05) is 34.6 Å². The van der Waals surface area contributed by atoms with E-state index in [9.17, 15) is 19.5 Å². The molecule has 7 nitrogen and oxygen atoms in total. The average molecular weight is 530 g/mol. The van der Waals surface area contributed by atoms with E-state index < -0.39 is 11.9 Å². The molecule has 0 bridgehead atoms. The van der Waals surface area contributed by atoms with E-state index in [-0.39, 0.29) is 28.9 Å². The van der Waals surface area contributed by atoms with Crippen LogP contribution in [0.15, 0.2) is 34.7 Å². The molecule has 0 spiro atoms. The molecular weight excluding hydrogens is 494 g/mol. The minimum atomic E-state index is -1.01. The fourth-order valence-corrected chi connectivity index (χ4v) is 6.23. The number of Topliss-reactive ketones (excluding diaryl/α,β-unsaturated/α-hetero) is 2. The summed E-state index contributed by atoms with van der Waals surface area (Å²) in [5, 5.41) is 10.2. The maximum Gasteiger partial charge on any atom is 0.323 e. The average Bonchev–Trinajstić information content (AvgIpc) is 2.77. The van der Waals surface area contributed by atoms with Crippen molar-refractivity contribution in [1.29, 1.82) is 0 Å². The van der Waals surface area contributed by atoms with Gasteiger partial charge in [0, 0.05) is 41.3 Å². The van der Waals surface area contributed by atoms with Gasteiger partial charge in [0.2, 0.25) is 0 Å². The van der Waals surface area contributed by atoms with E-state index in [1.54, 1.807) is 17.0 Å². The third-order valence-corrected chi connectivity index (χ3v) is 7.63. The zero-order valence-electron chi connectivity index (χ0n) is 22.5. The molecule has 0 saturated carbocycles. The van der Waals surface area contributed by atoms with Gasteiger partial charge in [-0.1, -0.05) is 46.2 Å². The first-order valence-corrected chi connectivity index (χ1v) is 13.2. The Kier molecular flexibility index (Phi) is 7.23. The summed E-state index contributed by atoms with van der Waals surface area (Å²) in [5.74, 6) is -0.941. The minimum absolute atomic E-state index is 0.0720. The maximum atomic E-state index is 13.8. The van der Waals surface area contributed by atoms with Crippen LogP contribution in [0.4, 0.5) is 0 Å². The Morgan fingerprint density at radius 2 is 1.57 bits per heavy atom. The molecule has 0 radical (unpaired) electrons. The zero-order valence-corrected chi connectivity index (χ0v) is 23.3. The van der Waals surface area contributed by atoms with Gasteiger partial charge in [-0.15, -0.1) is 0 Å². The summed E-state index contributed by atoms with van der Waals surface area (Å²) in [4.78, 5) is 41.3. The quantitative estimate of drug-likeness (QED) is 0.469. The molecule has 4 rings (SSSR count). The Hall–Kier alpha value is -2.80. The monoisotopic (exact) mass is 529 g/mol. The molecule has 1 aromatic rings. The summed E-state index contributed by atoms with van der Waals surface area (Å²) >= 11 is 6.68. The molecule has 200 valence electrons. The lowest BCUT2D eigenvalue weighted by molar-refractivity contribution is -0.138. The van der Waals surface area contributed by atoms with Crippen molar-refractivity contribution in [2.75, 3.05) is 20.3 Å². The SMILES string of the molecule is CCCOc1c(Cl)cc(C2C3=C(CC(C)(C)CC3=O)N(CC(=O)O)C3=C2C(=O)CC(C)(C)C3)cc1OC. The number of rotatable bonds is 7. The molecule has 0 aromatic heterocycles. The largest absolute Gasteiger partial charge is 0.493 e. The number of carboxylic acids is 1. The molecule has 0 saturated heterocycles. The third-order valence-electron chi connectivity index (χ3n) is 7.35. The number of carboxylic acid groups (broad SMARTS) is 1. The van der Waals surface area contributed by atoms with Crippen LogP contribution in [0, 0.1) is 10.8 Å². The second-order valence-corrected chi connectivity index (χ2v) is 12.3. The summed E-state index contributed by atoms with van der Waals surface area (Å²) in [7, 11) is 1.53. The van der Waals surface area contributed by atoms with E-state index in [2.05, 4.69) is 0 Å². The van der Waals surface area contributed by atoms with Crippen molar-refractivity contribution in [3.8, 4) is 11.5 Å². The maximum absolute atomic E-state index is 13.8. The topological polar surface area (TPSA) is 93.1 Å². The second kappa shape index (κ2) is 9.82. The van der Waals surface area contributed by atoms with Gasteiger partial charge >= 0.3 is 5.97 Å². The van der Waals surface area contributed by atoms with Crippen molar-refractivity contribution in [3.63, 3.8) is 0 Å². The molecule has 3 aliphatic rings. The molecule has 0 fully saturated rings. The van der Waals surface area contributed by atoms with Crippen LogP contribution >= 0.6 is 11.6 Å². The third kappa shape index (κ3) is 5.15. The lowest BCUT2D eigenvalue weighted by atomic mass is 9.63. The molecule has 1 aliphatic heterocycles. The molecule has 0 atom stereocenters. The molecule has 1 heterocycles. The standard InChI is InChI=1S/C29H36ClNO6/c1-7-8-37-27-17(30)9-16(10-22(27)36-6)24-25-18(11-28(2,3)13-20(25)32)31(15-23(34)35)19-12-29(4,5)14-21(33)26(19)24/h9-10,24H,7-8,11-15H2,1-6H3,(H,34,35). The molecule has 37 heavy (non-hydrogen) atoms. The van der Waals surface area contributed by atoms with Gasteiger partial charge < -0.3 is 19.5 Å². The number of ether oxygens (including phenoxy) is 2. The van der Waals surface area contributed by atoms with Crippen molar-refractivity contribution in [2.24, 2.45) is 10.8 Å². The number of hydrogen-bond donors (Lipinski definition) is 1. The molecule has 1 aromatic carbocycles. The van der Waals surface area contributed by atoms with Crippen LogP contribution in [0.2, 0.25) is 5.02 Å². The van der Waals surface area contributed by atoms with Gasteiger partial charge in [-0.2, -0.15) is 0 Å². The van der Waals surface area contributed by atoms with Crippen molar-refractivity contribution < 1.29 is 29.0 Å². The number of aliphatic carboxylic acids is 1. The van der Waals surface area contributed by atoms with Gasteiger partial charge in [-0.3, -0.25) is 14.4 Å². The summed E-state index contributed by atoms with van der Waals surface area (Å²) in [6.45, 7) is 10.2. The smallest absolute Gasteiger partial charge is 0.323 e. The molecular formula is C29H36ClNO6. The number of nitrogens with zero attached hydrogens (tertiary/aromatic N) is 1. The Morgan fingerprint density at radius 3 is 2.03 bits per heavy atom. The highest BCUT2D eigenvalue weighted by atomic mass is 35.5. The second-order valence-electron chi connectivity index (χ2n) is 11.9. The van der Waals surface area contributed by atoms with Gasteiger partial charge in [0.05, 0.1) is 18.7 Å². The van der Waals surface area contributed by atoms with Crippen LogP contribution in [0.1, 0.15) is 78.2 Å². The number of methoxy groups -OCH3 is 1. The van der Waals surface area contributed by atoms with Gasteiger partial charge in [0.1, 0.15) is 6.54 Å². The summed E-state index contributed by atoms with van der Waals surface area (Å²) in [6.07, 6.45) is 2.49. The fraction of sp³-hybridized carbons (Fsp3) is 0.552. The highest BCUT2D eigenvalue weighted by Crippen LogP contribution is 2.55. The number of halogens is 1. The number of ketones is 2. The molecule has 1 N–H and O–H groups in total. The van der Waals surface area contributed by atoms with Crippen LogP contribution in [0.3, 0.4) is 0 Å².